The highest BCUT2D eigenvalue weighted by Crippen LogP contribution is 2.34. The molecule has 3 atom stereocenters. The van der Waals surface area contributed by atoms with Gasteiger partial charge in [0, 0.05) is 5.92 Å². The van der Waals surface area contributed by atoms with Gasteiger partial charge in [0.15, 0.2) is 0 Å². The third kappa shape index (κ3) is 4.08. The van der Waals surface area contributed by atoms with E-state index in [4.69, 9.17) is 0 Å². The molecule has 0 aromatic rings. The maximum Gasteiger partial charge on any atom is 0.308 e. The Labute approximate surface area is 115 Å². The van der Waals surface area contributed by atoms with E-state index >= 15 is 0 Å². The topological polar surface area (TPSA) is 66.4 Å². The van der Waals surface area contributed by atoms with E-state index in [0.717, 1.165) is 24.8 Å². The Morgan fingerprint density at radius 2 is 2.11 bits per heavy atom. The summed E-state index contributed by atoms with van der Waals surface area (Å²) in [6, 6.07) is 0. The lowest BCUT2D eigenvalue weighted by Gasteiger charge is -2.40. The maximum atomic E-state index is 12.2. The Kier molecular flexibility index (Phi) is 5.15. The molecule has 1 fully saturated rings. The largest absolute Gasteiger partial charge is 0.481 e. The average molecular weight is 267 g/mol. The molecular weight excluding hydrogens is 242 g/mol. The molecule has 0 spiro atoms. The fourth-order valence-corrected chi connectivity index (χ4v) is 2.90. The Bertz CT molecular complexity index is 378. The Morgan fingerprint density at radius 3 is 2.63 bits per heavy atom. The molecule has 1 aliphatic carbocycles. The van der Waals surface area contributed by atoms with Gasteiger partial charge in [0.1, 0.15) is 0 Å². The molecule has 108 valence electrons. The van der Waals surface area contributed by atoms with Crippen LogP contribution in [0.25, 0.3) is 0 Å². The molecule has 0 heterocycles. The zero-order valence-corrected chi connectivity index (χ0v) is 12.2. The van der Waals surface area contributed by atoms with E-state index < -0.39 is 17.4 Å². The zero-order valence-electron chi connectivity index (χ0n) is 12.2. The summed E-state index contributed by atoms with van der Waals surface area (Å²) in [5.41, 5.74) is 0.344. The van der Waals surface area contributed by atoms with Gasteiger partial charge in [-0.1, -0.05) is 25.3 Å². The van der Waals surface area contributed by atoms with Crippen LogP contribution >= 0.6 is 0 Å². The highest BCUT2D eigenvalue weighted by Gasteiger charge is 2.42. The van der Waals surface area contributed by atoms with Crippen molar-refractivity contribution in [3.63, 3.8) is 0 Å². The van der Waals surface area contributed by atoms with Crippen LogP contribution in [0.1, 0.15) is 52.9 Å². The third-order valence-corrected chi connectivity index (χ3v) is 4.02. The minimum absolute atomic E-state index is 0.0707. The van der Waals surface area contributed by atoms with E-state index in [0.29, 0.717) is 12.8 Å². The van der Waals surface area contributed by atoms with Gasteiger partial charge in [0.25, 0.3) is 0 Å². The first-order chi connectivity index (χ1) is 8.76. The molecule has 3 unspecified atom stereocenters. The number of amides is 1. The molecule has 0 radical (unpaired) electrons. The van der Waals surface area contributed by atoms with Crippen LogP contribution in [0.4, 0.5) is 0 Å². The lowest BCUT2D eigenvalue weighted by molar-refractivity contribution is -0.147. The number of carbonyl (C=O) groups is 2. The molecule has 0 aliphatic heterocycles. The summed E-state index contributed by atoms with van der Waals surface area (Å²) in [5.74, 6) is -1.53. The highest BCUT2D eigenvalue weighted by atomic mass is 16.4. The second-order valence-corrected chi connectivity index (χ2v) is 6.11. The van der Waals surface area contributed by atoms with Crippen LogP contribution in [0.2, 0.25) is 0 Å². The maximum absolute atomic E-state index is 12.2. The van der Waals surface area contributed by atoms with Crippen molar-refractivity contribution < 1.29 is 14.7 Å². The average Bonchev–Trinajstić information content (AvgIpc) is 2.27. The quantitative estimate of drug-likeness (QED) is 0.753. The lowest BCUT2D eigenvalue weighted by atomic mass is 9.73. The predicted molar refractivity (Wildman–Crippen MR) is 74.7 cm³/mol. The summed E-state index contributed by atoms with van der Waals surface area (Å²) in [6.45, 7) is 9.42. The van der Waals surface area contributed by atoms with Crippen molar-refractivity contribution in [1.29, 1.82) is 0 Å². The van der Waals surface area contributed by atoms with Crippen LogP contribution in [-0.2, 0) is 9.59 Å². The molecule has 1 amide bonds. The van der Waals surface area contributed by atoms with Crippen LogP contribution in [-0.4, -0.2) is 22.5 Å². The van der Waals surface area contributed by atoms with Crippen molar-refractivity contribution in [1.82, 2.24) is 5.32 Å². The fourth-order valence-electron chi connectivity index (χ4n) is 2.90. The van der Waals surface area contributed by atoms with Crippen molar-refractivity contribution in [2.45, 2.75) is 58.4 Å². The number of carbonyl (C=O) groups excluding carboxylic acids is 1. The molecule has 4 nitrogen and oxygen atoms in total. The molecule has 1 aliphatic rings. The second kappa shape index (κ2) is 6.22. The van der Waals surface area contributed by atoms with Crippen LogP contribution in [0, 0.1) is 11.8 Å². The summed E-state index contributed by atoms with van der Waals surface area (Å²) in [5, 5.41) is 12.3. The van der Waals surface area contributed by atoms with Crippen molar-refractivity contribution in [2.24, 2.45) is 11.8 Å². The van der Waals surface area contributed by atoms with E-state index in [9.17, 15) is 14.7 Å². The van der Waals surface area contributed by atoms with Crippen molar-refractivity contribution in [3.8, 4) is 0 Å². The van der Waals surface area contributed by atoms with Gasteiger partial charge in [-0.05, 0) is 33.1 Å². The monoisotopic (exact) mass is 267 g/mol. The van der Waals surface area contributed by atoms with Gasteiger partial charge in [-0.3, -0.25) is 9.59 Å². The standard InChI is InChI=1S/C15H25NO3/c1-10(2)9-11(3)13(17)16-15(4)8-6-5-7-12(15)14(18)19/h11-12H,1,5-9H2,2-4H3,(H,16,17)(H,18,19). The van der Waals surface area contributed by atoms with Crippen molar-refractivity contribution in [3.05, 3.63) is 12.2 Å². The first kappa shape index (κ1) is 15.7. The molecule has 4 heteroatoms. The predicted octanol–water partition coefficient (Wildman–Crippen LogP) is 2.74. The second-order valence-electron chi connectivity index (χ2n) is 6.11. The number of carboxylic acid groups (broad SMARTS) is 1. The number of nitrogens with one attached hydrogen (secondary N) is 1. The Morgan fingerprint density at radius 1 is 1.47 bits per heavy atom. The van der Waals surface area contributed by atoms with Gasteiger partial charge in [-0.15, -0.1) is 6.58 Å². The van der Waals surface area contributed by atoms with Gasteiger partial charge in [0.05, 0.1) is 11.5 Å². The Hall–Kier alpha value is -1.32. The third-order valence-electron chi connectivity index (χ3n) is 4.02. The van der Waals surface area contributed by atoms with Gasteiger partial charge in [-0.2, -0.15) is 0 Å². The zero-order chi connectivity index (χ0) is 14.6. The van der Waals surface area contributed by atoms with Gasteiger partial charge < -0.3 is 10.4 Å². The number of hydrogen-bond acceptors (Lipinski definition) is 2. The van der Waals surface area contributed by atoms with Crippen LogP contribution < -0.4 is 5.32 Å². The summed E-state index contributed by atoms with van der Waals surface area (Å²) in [6.07, 6.45) is 3.90. The minimum atomic E-state index is -0.810. The van der Waals surface area contributed by atoms with Crippen molar-refractivity contribution >= 4 is 11.9 Å². The smallest absolute Gasteiger partial charge is 0.308 e. The molecule has 0 saturated heterocycles. The minimum Gasteiger partial charge on any atom is -0.481 e. The number of allylic oxidation sites excluding steroid dienone is 1. The van der Waals surface area contributed by atoms with Crippen molar-refractivity contribution in [2.75, 3.05) is 0 Å². The first-order valence-electron chi connectivity index (χ1n) is 6.95. The number of carboxylic acids is 1. The van der Waals surface area contributed by atoms with Gasteiger partial charge in [0.2, 0.25) is 5.91 Å². The van der Waals surface area contributed by atoms with Crippen LogP contribution in [0.5, 0.6) is 0 Å². The molecule has 1 saturated carbocycles. The lowest BCUT2D eigenvalue weighted by Crippen LogP contribution is -2.56. The molecule has 0 aromatic heterocycles. The van der Waals surface area contributed by atoms with Crippen LogP contribution in [0.15, 0.2) is 12.2 Å². The molecule has 1 rings (SSSR count). The van der Waals surface area contributed by atoms with Crippen LogP contribution in [0.3, 0.4) is 0 Å². The highest BCUT2D eigenvalue weighted by molar-refractivity contribution is 5.81. The first-order valence-corrected chi connectivity index (χ1v) is 6.95. The number of aliphatic carboxylic acids is 1. The normalized spacial score (nSPS) is 28.5. The SMILES string of the molecule is C=C(C)CC(C)C(=O)NC1(C)CCCCC1C(=O)O. The number of rotatable bonds is 5. The van der Waals surface area contributed by atoms with E-state index in [-0.39, 0.29) is 11.8 Å². The molecular formula is C15H25NO3. The summed E-state index contributed by atoms with van der Waals surface area (Å²) in [4.78, 5) is 23.5. The summed E-state index contributed by atoms with van der Waals surface area (Å²) < 4.78 is 0. The van der Waals surface area contributed by atoms with E-state index in [1.165, 1.54) is 0 Å². The van der Waals surface area contributed by atoms with Gasteiger partial charge >= 0.3 is 5.97 Å². The summed E-state index contributed by atoms with van der Waals surface area (Å²) >= 11 is 0. The number of hydrogen-bond donors (Lipinski definition) is 2. The molecule has 0 aromatic carbocycles. The van der Waals surface area contributed by atoms with Gasteiger partial charge in [-0.25, -0.2) is 0 Å². The molecule has 2 N–H and O–H groups in total. The summed E-state index contributed by atoms with van der Waals surface area (Å²) in [7, 11) is 0. The molecule has 19 heavy (non-hydrogen) atoms. The Balaban J connectivity index is 2.73. The van der Waals surface area contributed by atoms with E-state index in [2.05, 4.69) is 11.9 Å². The fraction of sp³-hybridized carbons (Fsp3) is 0.733. The molecule has 0 bridgehead atoms. The van der Waals surface area contributed by atoms with E-state index in [1.54, 1.807) is 0 Å². The van der Waals surface area contributed by atoms with E-state index in [1.807, 2.05) is 20.8 Å².